The predicted octanol–water partition coefficient (Wildman–Crippen LogP) is 5.90. The molecule has 1 fully saturated rings. The van der Waals surface area contributed by atoms with Crippen LogP contribution in [-0.2, 0) is 0 Å². The molecule has 1 saturated carbocycles. The maximum Gasteiger partial charge on any atom is 0.0561 e. The minimum absolute atomic E-state index is 0.452. The fraction of sp³-hybridized carbons (Fsp3) is 0.765. The lowest BCUT2D eigenvalue weighted by Crippen LogP contribution is -2.33. The van der Waals surface area contributed by atoms with Crippen LogP contribution in [0.5, 0.6) is 0 Å². The summed E-state index contributed by atoms with van der Waals surface area (Å²) < 4.78 is 0. The van der Waals surface area contributed by atoms with E-state index in [0.29, 0.717) is 11.5 Å². The molecule has 3 heteroatoms. The highest BCUT2D eigenvalue weighted by atomic mass is 35.5. The van der Waals surface area contributed by atoms with E-state index in [9.17, 15) is 0 Å². The van der Waals surface area contributed by atoms with E-state index in [1.807, 2.05) is 6.07 Å². The molecule has 0 aliphatic heterocycles. The molecule has 114 valence electrons. The molecule has 1 aliphatic rings. The number of hydrogen-bond donors (Lipinski definition) is 1. The van der Waals surface area contributed by atoms with E-state index in [-0.39, 0.29) is 0 Å². The Hall–Kier alpha value is -0.0500. The number of nitrogens with one attached hydrogen (secondary N) is 1. The zero-order valence-electron chi connectivity index (χ0n) is 13.2. The summed E-state index contributed by atoms with van der Waals surface area (Å²) in [5.74, 6) is 1.62. The van der Waals surface area contributed by atoms with Crippen LogP contribution >= 0.6 is 22.9 Å². The van der Waals surface area contributed by atoms with Crippen LogP contribution in [0.25, 0.3) is 0 Å². The summed E-state index contributed by atoms with van der Waals surface area (Å²) in [5.41, 5.74) is 0.458. The van der Waals surface area contributed by atoms with E-state index < -0.39 is 0 Å². The van der Waals surface area contributed by atoms with Crippen molar-refractivity contribution in [2.24, 2.45) is 17.3 Å². The van der Waals surface area contributed by atoms with Crippen molar-refractivity contribution in [3.63, 3.8) is 0 Å². The predicted molar refractivity (Wildman–Crippen MR) is 90.6 cm³/mol. The number of rotatable bonds is 4. The van der Waals surface area contributed by atoms with Crippen molar-refractivity contribution in [2.45, 2.75) is 59.4 Å². The van der Waals surface area contributed by atoms with Crippen LogP contribution in [0.3, 0.4) is 0 Å². The molecule has 1 nitrogen and oxygen atoms in total. The average Bonchev–Trinajstić information content (AvgIpc) is 2.81. The van der Waals surface area contributed by atoms with E-state index in [2.05, 4.69) is 38.4 Å². The van der Waals surface area contributed by atoms with E-state index in [0.717, 1.165) is 23.4 Å². The van der Waals surface area contributed by atoms with Crippen molar-refractivity contribution in [2.75, 3.05) is 6.54 Å². The molecule has 0 aromatic carbocycles. The van der Waals surface area contributed by atoms with Gasteiger partial charge in [0.2, 0.25) is 0 Å². The summed E-state index contributed by atoms with van der Waals surface area (Å²) in [6.45, 7) is 10.4. The molecule has 1 aliphatic carbocycles. The van der Waals surface area contributed by atoms with Gasteiger partial charge in [-0.2, -0.15) is 0 Å². The molecule has 1 aromatic rings. The molecule has 0 saturated heterocycles. The Labute approximate surface area is 133 Å². The van der Waals surface area contributed by atoms with Crippen LogP contribution in [0.1, 0.15) is 64.3 Å². The molecule has 0 bridgehead atoms. The maximum absolute atomic E-state index is 6.36. The third-order valence-corrected chi connectivity index (χ3v) is 6.26. The second kappa shape index (κ2) is 6.81. The largest absolute Gasteiger partial charge is 0.309 e. The summed E-state index contributed by atoms with van der Waals surface area (Å²) in [6.07, 6.45) is 5.37. The molecule has 1 heterocycles. The third kappa shape index (κ3) is 3.78. The van der Waals surface area contributed by atoms with Crippen molar-refractivity contribution < 1.29 is 0 Å². The molecule has 1 atom stereocenters. The average molecular weight is 314 g/mol. The van der Waals surface area contributed by atoms with Crippen molar-refractivity contribution in [3.8, 4) is 0 Å². The first-order valence-corrected chi connectivity index (χ1v) is 9.15. The molecule has 1 aromatic heterocycles. The van der Waals surface area contributed by atoms with Gasteiger partial charge in [-0.25, -0.2) is 0 Å². The summed E-state index contributed by atoms with van der Waals surface area (Å²) in [4.78, 5) is 1.34. The van der Waals surface area contributed by atoms with E-state index in [4.69, 9.17) is 11.6 Å². The van der Waals surface area contributed by atoms with Crippen LogP contribution in [0, 0.1) is 17.3 Å². The molecule has 1 unspecified atom stereocenters. The smallest absolute Gasteiger partial charge is 0.0561 e. The normalized spacial score (nSPS) is 25.6. The van der Waals surface area contributed by atoms with Gasteiger partial charge < -0.3 is 5.32 Å². The van der Waals surface area contributed by atoms with Gasteiger partial charge >= 0.3 is 0 Å². The second-order valence-electron chi connectivity index (χ2n) is 7.15. The zero-order valence-corrected chi connectivity index (χ0v) is 14.8. The Morgan fingerprint density at radius 3 is 2.40 bits per heavy atom. The van der Waals surface area contributed by atoms with Gasteiger partial charge in [0.25, 0.3) is 0 Å². The first-order chi connectivity index (χ1) is 9.43. The first kappa shape index (κ1) is 16.3. The number of hydrogen-bond acceptors (Lipinski definition) is 2. The van der Waals surface area contributed by atoms with Gasteiger partial charge in [-0.05, 0) is 60.9 Å². The first-order valence-electron chi connectivity index (χ1n) is 7.89. The van der Waals surface area contributed by atoms with Gasteiger partial charge in [0.1, 0.15) is 0 Å². The van der Waals surface area contributed by atoms with Crippen molar-refractivity contribution in [3.05, 3.63) is 21.3 Å². The van der Waals surface area contributed by atoms with Crippen LogP contribution in [0.2, 0.25) is 5.02 Å². The quantitative estimate of drug-likeness (QED) is 0.729. The molecular weight excluding hydrogens is 286 g/mol. The lowest BCUT2D eigenvalue weighted by molar-refractivity contribution is 0.133. The lowest BCUT2D eigenvalue weighted by atomic mass is 9.68. The van der Waals surface area contributed by atoms with Gasteiger partial charge in [0.15, 0.2) is 0 Å². The monoisotopic (exact) mass is 313 g/mol. The molecular formula is C17H28ClNS. The van der Waals surface area contributed by atoms with Crippen molar-refractivity contribution in [1.29, 1.82) is 0 Å². The van der Waals surface area contributed by atoms with Crippen LogP contribution in [0.15, 0.2) is 11.4 Å². The molecule has 1 N–H and O–H groups in total. The second-order valence-corrected chi connectivity index (χ2v) is 8.50. The van der Waals surface area contributed by atoms with Gasteiger partial charge in [0, 0.05) is 10.9 Å². The van der Waals surface area contributed by atoms with E-state index in [1.54, 1.807) is 11.3 Å². The fourth-order valence-corrected chi connectivity index (χ4v) is 4.88. The fourth-order valence-electron chi connectivity index (χ4n) is 3.54. The summed E-state index contributed by atoms with van der Waals surface area (Å²) in [6, 6.07) is 2.49. The van der Waals surface area contributed by atoms with Gasteiger partial charge in [-0.3, -0.25) is 0 Å². The van der Waals surface area contributed by atoms with Crippen molar-refractivity contribution in [1.82, 2.24) is 5.32 Å². The standard InChI is InChI=1S/C17H28ClNS/c1-5-19-15(16-14(18)10-11-20-16)12-6-8-13(9-7-12)17(2,3)4/h10-13,15,19H,5-9H2,1-4H3. The zero-order chi connectivity index (χ0) is 14.8. The van der Waals surface area contributed by atoms with Crippen molar-refractivity contribution >= 4 is 22.9 Å². The Balaban J connectivity index is 2.04. The molecule has 2 rings (SSSR count). The Bertz CT molecular complexity index is 413. The summed E-state index contributed by atoms with van der Waals surface area (Å²) in [7, 11) is 0. The SMILES string of the molecule is CCNC(c1sccc1Cl)C1CCC(C(C)(C)C)CC1. The van der Waals surface area contributed by atoms with Gasteiger partial charge in [0.05, 0.1) is 5.02 Å². The highest BCUT2D eigenvalue weighted by Gasteiger charge is 2.34. The molecule has 20 heavy (non-hydrogen) atoms. The number of thiophene rings is 1. The minimum Gasteiger partial charge on any atom is -0.309 e. The topological polar surface area (TPSA) is 12.0 Å². The Morgan fingerprint density at radius 1 is 1.30 bits per heavy atom. The number of halogens is 1. The van der Waals surface area contributed by atoms with Crippen LogP contribution in [0.4, 0.5) is 0 Å². The minimum atomic E-state index is 0.452. The summed E-state index contributed by atoms with van der Waals surface area (Å²) >= 11 is 8.16. The van der Waals surface area contributed by atoms with Crippen LogP contribution < -0.4 is 5.32 Å². The highest BCUT2D eigenvalue weighted by molar-refractivity contribution is 7.10. The highest BCUT2D eigenvalue weighted by Crippen LogP contribution is 2.45. The lowest BCUT2D eigenvalue weighted by Gasteiger charge is -2.39. The summed E-state index contributed by atoms with van der Waals surface area (Å²) in [5, 5.41) is 6.73. The van der Waals surface area contributed by atoms with Gasteiger partial charge in [-0.15, -0.1) is 11.3 Å². The Kier molecular flexibility index (Phi) is 5.56. The van der Waals surface area contributed by atoms with E-state index in [1.165, 1.54) is 30.6 Å². The molecule has 0 radical (unpaired) electrons. The molecule has 0 amide bonds. The van der Waals surface area contributed by atoms with E-state index >= 15 is 0 Å². The van der Waals surface area contributed by atoms with Gasteiger partial charge in [-0.1, -0.05) is 39.3 Å². The Morgan fingerprint density at radius 2 is 1.95 bits per heavy atom. The molecule has 0 spiro atoms. The maximum atomic E-state index is 6.36. The third-order valence-electron chi connectivity index (χ3n) is 4.82. The van der Waals surface area contributed by atoms with Crippen LogP contribution in [-0.4, -0.2) is 6.54 Å².